The van der Waals surface area contributed by atoms with Crippen molar-refractivity contribution in [3.63, 3.8) is 0 Å². The highest BCUT2D eigenvalue weighted by Gasteiger charge is 2.22. The van der Waals surface area contributed by atoms with E-state index in [1.165, 1.54) is 12.8 Å². The number of hydrogen-bond donors (Lipinski definition) is 1. The third-order valence-electron chi connectivity index (χ3n) is 2.32. The van der Waals surface area contributed by atoms with Crippen molar-refractivity contribution in [1.29, 1.82) is 0 Å². The quantitative estimate of drug-likeness (QED) is 0.785. The zero-order valence-electron chi connectivity index (χ0n) is 7.90. The van der Waals surface area contributed by atoms with Gasteiger partial charge in [0.25, 0.3) is 5.91 Å². The summed E-state index contributed by atoms with van der Waals surface area (Å²) in [6, 6.07) is 7.09. The predicted molar refractivity (Wildman–Crippen MR) is 53.2 cm³/mol. The lowest BCUT2D eigenvalue weighted by molar-refractivity contribution is 0.0996. The Bertz CT molecular complexity index is 345. The molecule has 0 aromatic heterocycles. The smallest absolute Gasteiger partial charge is 0.252 e. The summed E-state index contributed by atoms with van der Waals surface area (Å²) in [4.78, 5) is 11.0. The third kappa shape index (κ3) is 2.05. The Labute approximate surface area is 82.9 Å². The van der Waals surface area contributed by atoms with Crippen molar-refractivity contribution < 1.29 is 9.53 Å². The molecule has 0 heterocycles. The van der Waals surface area contributed by atoms with Gasteiger partial charge in [-0.15, -0.1) is 0 Å². The Balaban J connectivity index is 2.09. The van der Waals surface area contributed by atoms with Gasteiger partial charge in [0.1, 0.15) is 5.75 Å². The van der Waals surface area contributed by atoms with E-state index in [1.807, 2.05) is 6.07 Å². The lowest BCUT2D eigenvalue weighted by atomic mass is 10.2. The highest BCUT2D eigenvalue weighted by Crippen LogP contribution is 2.30. The van der Waals surface area contributed by atoms with Crippen molar-refractivity contribution in [1.82, 2.24) is 0 Å². The summed E-state index contributed by atoms with van der Waals surface area (Å²) >= 11 is 0. The number of nitrogens with two attached hydrogens (primary N) is 1. The second kappa shape index (κ2) is 3.70. The molecule has 0 unspecified atom stereocenters. The molecule has 0 radical (unpaired) electrons. The van der Waals surface area contributed by atoms with Crippen molar-refractivity contribution in [3.8, 4) is 5.75 Å². The van der Waals surface area contributed by atoms with Gasteiger partial charge in [-0.25, -0.2) is 0 Å². The molecular formula is C11H13NO2. The average molecular weight is 191 g/mol. The molecule has 1 saturated carbocycles. The van der Waals surface area contributed by atoms with Crippen molar-refractivity contribution >= 4 is 5.91 Å². The molecular weight excluding hydrogens is 178 g/mol. The van der Waals surface area contributed by atoms with E-state index >= 15 is 0 Å². The molecule has 1 aliphatic carbocycles. The minimum Gasteiger partial charge on any atom is -0.492 e. The molecule has 1 aromatic carbocycles. The Morgan fingerprint density at radius 3 is 2.79 bits per heavy atom. The van der Waals surface area contributed by atoms with E-state index < -0.39 is 5.91 Å². The molecule has 0 bridgehead atoms. The van der Waals surface area contributed by atoms with Gasteiger partial charge in [0.2, 0.25) is 0 Å². The Hall–Kier alpha value is -1.51. The molecule has 3 nitrogen and oxygen atoms in total. The van der Waals surface area contributed by atoms with Crippen LogP contribution in [0.15, 0.2) is 24.3 Å². The topological polar surface area (TPSA) is 52.3 Å². The van der Waals surface area contributed by atoms with E-state index in [0.29, 0.717) is 23.8 Å². The SMILES string of the molecule is NC(=O)c1ccccc1OCC1CC1. The average Bonchev–Trinajstić information content (AvgIpc) is 2.98. The van der Waals surface area contributed by atoms with Crippen molar-refractivity contribution in [2.45, 2.75) is 12.8 Å². The lowest BCUT2D eigenvalue weighted by Gasteiger charge is -2.08. The first kappa shape index (κ1) is 9.06. The maximum absolute atomic E-state index is 11.0. The highest BCUT2D eigenvalue weighted by molar-refractivity contribution is 5.95. The van der Waals surface area contributed by atoms with Gasteiger partial charge in [-0.2, -0.15) is 0 Å². The van der Waals surface area contributed by atoms with Gasteiger partial charge in [0.15, 0.2) is 0 Å². The van der Waals surface area contributed by atoms with Crippen LogP contribution < -0.4 is 10.5 Å². The standard InChI is InChI=1S/C11H13NO2/c12-11(13)9-3-1-2-4-10(9)14-7-8-5-6-8/h1-4,8H,5-7H2,(H2,12,13). The number of primary amides is 1. The highest BCUT2D eigenvalue weighted by atomic mass is 16.5. The van der Waals surface area contributed by atoms with Gasteiger partial charge in [-0.1, -0.05) is 12.1 Å². The molecule has 2 rings (SSSR count). The van der Waals surface area contributed by atoms with E-state index in [2.05, 4.69) is 0 Å². The fraction of sp³-hybridized carbons (Fsp3) is 0.364. The second-order valence-corrected chi connectivity index (χ2v) is 3.61. The van der Waals surface area contributed by atoms with Crippen LogP contribution in [0.5, 0.6) is 5.75 Å². The lowest BCUT2D eigenvalue weighted by Crippen LogP contribution is -2.13. The first-order valence-electron chi connectivity index (χ1n) is 4.79. The third-order valence-corrected chi connectivity index (χ3v) is 2.32. The maximum Gasteiger partial charge on any atom is 0.252 e. The van der Waals surface area contributed by atoms with Gasteiger partial charge in [0.05, 0.1) is 12.2 Å². The zero-order chi connectivity index (χ0) is 9.97. The van der Waals surface area contributed by atoms with Gasteiger partial charge in [0, 0.05) is 0 Å². The number of carbonyl (C=O) groups is 1. The minimum atomic E-state index is -0.434. The van der Waals surface area contributed by atoms with Gasteiger partial charge in [-0.05, 0) is 30.9 Å². The number of para-hydroxylation sites is 1. The molecule has 3 heteroatoms. The van der Waals surface area contributed by atoms with Crippen molar-refractivity contribution in [2.75, 3.05) is 6.61 Å². The van der Waals surface area contributed by atoms with Crippen LogP contribution in [0.2, 0.25) is 0 Å². The molecule has 14 heavy (non-hydrogen) atoms. The zero-order valence-corrected chi connectivity index (χ0v) is 7.90. The van der Waals surface area contributed by atoms with Crippen LogP contribution in [0, 0.1) is 5.92 Å². The van der Waals surface area contributed by atoms with Crippen molar-refractivity contribution in [2.24, 2.45) is 11.7 Å². The summed E-state index contributed by atoms with van der Waals surface area (Å²) < 4.78 is 5.52. The van der Waals surface area contributed by atoms with E-state index in [4.69, 9.17) is 10.5 Å². The van der Waals surface area contributed by atoms with Gasteiger partial charge < -0.3 is 10.5 Å². The number of rotatable bonds is 4. The van der Waals surface area contributed by atoms with E-state index in [9.17, 15) is 4.79 Å². The van der Waals surface area contributed by atoms with Crippen molar-refractivity contribution in [3.05, 3.63) is 29.8 Å². The fourth-order valence-electron chi connectivity index (χ4n) is 1.29. The normalized spacial score (nSPS) is 15.1. The summed E-state index contributed by atoms with van der Waals surface area (Å²) in [5, 5.41) is 0. The number of carbonyl (C=O) groups excluding carboxylic acids is 1. The summed E-state index contributed by atoms with van der Waals surface area (Å²) in [7, 11) is 0. The first-order chi connectivity index (χ1) is 6.77. The van der Waals surface area contributed by atoms with Crippen LogP contribution in [0.1, 0.15) is 23.2 Å². The van der Waals surface area contributed by atoms with E-state index in [1.54, 1.807) is 18.2 Å². The predicted octanol–water partition coefficient (Wildman–Crippen LogP) is 1.57. The summed E-state index contributed by atoms with van der Waals surface area (Å²) in [5.41, 5.74) is 5.68. The van der Waals surface area contributed by atoms with Crippen LogP contribution in [0.4, 0.5) is 0 Å². The summed E-state index contributed by atoms with van der Waals surface area (Å²) in [6.45, 7) is 0.699. The van der Waals surface area contributed by atoms with Crippen LogP contribution in [-0.2, 0) is 0 Å². The van der Waals surface area contributed by atoms with Crippen LogP contribution in [-0.4, -0.2) is 12.5 Å². The molecule has 1 aromatic rings. The largest absolute Gasteiger partial charge is 0.492 e. The maximum atomic E-state index is 11.0. The second-order valence-electron chi connectivity index (χ2n) is 3.61. The van der Waals surface area contributed by atoms with Gasteiger partial charge in [-0.3, -0.25) is 4.79 Å². The van der Waals surface area contributed by atoms with Crippen LogP contribution >= 0.6 is 0 Å². The number of benzene rings is 1. The Kier molecular flexibility index (Phi) is 2.39. The Morgan fingerprint density at radius 2 is 2.14 bits per heavy atom. The first-order valence-corrected chi connectivity index (χ1v) is 4.79. The van der Waals surface area contributed by atoms with Crippen LogP contribution in [0.25, 0.3) is 0 Å². The molecule has 0 atom stereocenters. The molecule has 0 aliphatic heterocycles. The number of ether oxygens (including phenoxy) is 1. The molecule has 0 saturated heterocycles. The fourth-order valence-corrected chi connectivity index (χ4v) is 1.29. The van der Waals surface area contributed by atoms with Gasteiger partial charge >= 0.3 is 0 Å². The van der Waals surface area contributed by atoms with E-state index in [-0.39, 0.29) is 0 Å². The molecule has 0 spiro atoms. The monoisotopic (exact) mass is 191 g/mol. The summed E-state index contributed by atoms with van der Waals surface area (Å²) in [6.07, 6.45) is 2.47. The van der Waals surface area contributed by atoms with E-state index in [0.717, 1.165) is 0 Å². The molecule has 1 aliphatic rings. The summed E-state index contributed by atoms with van der Waals surface area (Å²) in [5.74, 6) is 0.847. The number of hydrogen-bond acceptors (Lipinski definition) is 2. The minimum absolute atomic E-state index is 0.434. The molecule has 1 amide bonds. The molecule has 2 N–H and O–H groups in total. The number of amides is 1. The molecule has 1 fully saturated rings. The van der Waals surface area contributed by atoms with Crippen LogP contribution in [0.3, 0.4) is 0 Å². The Morgan fingerprint density at radius 1 is 1.43 bits per heavy atom. The molecule has 74 valence electrons.